The Morgan fingerprint density at radius 1 is 1.03 bits per heavy atom. The summed E-state index contributed by atoms with van der Waals surface area (Å²) < 4.78 is 32.0. The van der Waals surface area contributed by atoms with E-state index in [-0.39, 0.29) is 26.6 Å². The molecule has 0 heterocycles. The van der Waals surface area contributed by atoms with Gasteiger partial charge in [-0.05, 0) is 66.8 Å². The van der Waals surface area contributed by atoms with Crippen molar-refractivity contribution < 1.29 is 23.2 Å². The number of benzene rings is 3. The van der Waals surface area contributed by atoms with Crippen LogP contribution in [0.25, 0.3) is 0 Å². The molecule has 0 aromatic heterocycles. The zero-order valence-electron chi connectivity index (χ0n) is 17.5. The van der Waals surface area contributed by atoms with Crippen LogP contribution >= 0.6 is 0 Å². The minimum atomic E-state index is -4.04. The lowest BCUT2D eigenvalue weighted by molar-refractivity contribution is 0.0704. The quantitative estimate of drug-likeness (QED) is 0.307. The van der Waals surface area contributed by atoms with E-state index < -0.39 is 15.7 Å². The van der Waals surface area contributed by atoms with Gasteiger partial charge in [-0.3, -0.25) is 10.0 Å². The number of anilines is 1. The second-order valence-corrected chi connectivity index (χ2v) is 9.02. The molecule has 3 aromatic carbocycles. The Hall–Kier alpha value is -3.36. The van der Waals surface area contributed by atoms with Crippen molar-refractivity contribution in [3.63, 3.8) is 0 Å². The molecule has 1 amide bonds. The molecule has 0 aliphatic carbocycles. The summed E-state index contributed by atoms with van der Waals surface area (Å²) in [6.45, 7) is 3.19. The highest BCUT2D eigenvalue weighted by Gasteiger charge is 2.30. The zero-order valence-corrected chi connectivity index (χ0v) is 18.3. The normalized spacial score (nSPS) is 11.2. The average molecular weight is 441 g/mol. The Morgan fingerprint density at radius 2 is 1.65 bits per heavy atom. The molecule has 0 aliphatic rings. The maximum atomic E-state index is 13.4. The van der Waals surface area contributed by atoms with Gasteiger partial charge in [0.2, 0.25) is 9.84 Å². The molecule has 0 bridgehead atoms. The van der Waals surface area contributed by atoms with Gasteiger partial charge in [-0.1, -0.05) is 30.3 Å². The Balaban J connectivity index is 2.27. The molecule has 31 heavy (non-hydrogen) atoms. The molecular weight excluding hydrogens is 416 g/mol. The van der Waals surface area contributed by atoms with Crippen LogP contribution in [0, 0.1) is 13.8 Å². The lowest BCUT2D eigenvalue weighted by Gasteiger charge is -2.21. The molecule has 0 fully saturated rings. The second-order valence-electron chi connectivity index (χ2n) is 7.13. The SMILES string of the molecule is COc1ccc(S(=O)(=O)c2c(C)c(C(=O)NO)c(Cc3ccccc3)c(C)c2N)cc1. The maximum absolute atomic E-state index is 13.4. The predicted molar refractivity (Wildman–Crippen MR) is 117 cm³/mol. The molecule has 0 saturated carbocycles. The number of hydrogen-bond donors (Lipinski definition) is 3. The highest BCUT2D eigenvalue weighted by atomic mass is 32.2. The number of hydrogen-bond acceptors (Lipinski definition) is 6. The fourth-order valence-electron chi connectivity index (χ4n) is 3.67. The van der Waals surface area contributed by atoms with Crippen molar-refractivity contribution in [2.24, 2.45) is 0 Å². The van der Waals surface area contributed by atoms with Crippen LogP contribution in [0.3, 0.4) is 0 Å². The number of nitrogen functional groups attached to an aromatic ring is 1. The fourth-order valence-corrected chi connectivity index (χ4v) is 5.34. The summed E-state index contributed by atoms with van der Waals surface area (Å²) in [7, 11) is -2.56. The monoisotopic (exact) mass is 440 g/mol. The number of hydroxylamine groups is 1. The van der Waals surface area contributed by atoms with Gasteiger partial charge < -0.3 is 10.5 Å². The van der Waals surface area contributed by atoms with Crippen molar-refractivity contribution >= 4 is 21.4 Å². The van der Waals surface area contributed by atoms with Crippen LogP contribution in [0.15, 0.2) is 64.4 Å². The first-order chi connectivity index (χ1) is 14.7. The molecule has 4 N–H and O–H groups in total. The summed E-state index contributed by atoms with van der Waals surface area (Å²) in [5, 5.41) is 9.34. The molecule has 7 nitrogen and oxygen atoms in total. The van der Waals surface area contributed by atoms with Crippen molar-refractivity contribution in [3.8, 4) is 5.75 Å². The third kappa shape index (κ3) is 4.12. The minimum absolute atomic E-state index is 0.0219. The third-order valence-electron chi connectivity index (χ3n) is 5.31. The van der Waals surface area contributed by atoms with Crippen LogP contribution in [0.4, 0.5) is 5.69 Å². The molecule has 162 valence electrons. The minimum Gasteiger partial charge on any atom is -0.497 e. The van der Waals surface area contributed by atoms with Gasteiger partial charge in [0.1, 0.15) is 5.75 Å². The number of nitrogens with one attached hydrogen (secondary N) is 1. The number of amides is 1. The van der Waals surface area contributed by atoms with E-state index in [0.29, 0.717) is 23.3 Å². The second kappa shape index (κ2) is 8.79. The molecule has 3 aromatic rings. The van der Waals surface area contributed by atoms with E-state index in [1.807, 2.05) is 30.3 Å². The van der Waals surface area contributed by atoms with E-state index in [1.165, 1.54) is 38.3 Å². The summed E-state index contributed by atoms with van der Waals surface area (Å²) in [4.78, 5) is 12.5. The maximum Gasteiger partial charge on any atom is 0.275 e. The highest BCUT2D eigenvalue weighted by Crippen LogP contribution is 2.37. The van der Waals surface area contributed by atoms with Crippen molar-refractivity contribution in [2.75, 3.05) is 12.8 Å². The van der Waals surface area contributed by atoms with E-state index in [4.69, 9.17) is 10.5 Å². The number of nitrogens with two attached hydrogens (primary N) is 1. The van der Waals surface area contributed by atoms with Gasteiger partial charge in [0.05, 0.1) is 22.6 Å². The van der Waals surface area contributed by atoms with Gasteiger partial charge in [0.15, 0.2) is 0 Å². The summed E-state index contributed by atoms with van der Waals surface area (Å²) >= 11 is 0. The molecule has 3 rings (SSSR count). The number of rotatable bonds is 6. The third-order valence-corrected chi connectivity index (χ3v) is 7.27. The topological polar surface area (TPSA) is 119 Å². The summed E-state index contributed by atoms with van der Waals surface area (Å²) in [6.07, 6.45) is 0.351. The Morgan fingerprint density at radius 3 is 2.19 bits per heavy atom. The first-order valence-electron chi connectivity index (χ1n) is 9.51. The van der Waals surface area contributed by atoms with Crippen molar-refractivity contribution in [3.05, 3.63) is 82.4 Å². The first kappa shape index (κ1) is 22.3. The number of sulfone groups is 1. The number of carbonyl (C=O) groups is 1. The van der Waals surface area contributed by atoms with Gasteiger partial charge in [0, 0.05) is 5.56 Å². The van der Waals surface area contributed by atoms with Gasteiger partial charge in [-0.25, -0.2) is 13.9 Å². The highest BCUT2D eigenvalue weighted by molar-refractivity contribution is 7.91. The summed E-state index contributed by atoms with van der Waals surface area (Å²) in [6, 6.07) is 15.3. The van der Waals surface area contributed by atoms with Gasteiger partial charge in [0.25, 0.3) is 5.91 Å². The average Bonchev–Trinajstić information content (AvgIpc) is 2.77. The summed E-state index contributed by atoms with van der Waals surface area (Å²) in [5.41, 5.74) is 10.3. The number of methoxy groups -OCH3 is 1. The molecule has 0 saturated heterocycles. The van der Waals surface area contributed by atoms with Crippen molar-refractivity contribution in [1.29, 1.82) is 0 Å². The largest absolute Gasteiger partial charge is 0.497 e. The summed E-state index contributed by atoms with van der Waals surface area (Å²) in [5.74, 6) is -0.281. The van der Waals surface area contributed by atoms with Crippen LogP contribution in [0.5, 0.6) is 5.75 Å². The standard InChI is InChI=1S/C23H24N2O5S/c1-14-19(13-16-7-5-4-6-8-16)20(23(26)25-27)15(2)22(21(14)24)31(28,29)18-11-9-17(30-3)10-12-18/h4-12,27H,13,24H2,1-3H3,(H,25,26). The molecule has 0 atom stereocenters. The first-order valence-corrected chi connectivity index (χ1v) is 11.0. The Bertz CT molecular complexity index is 1220. The van der Waals surface area contributed by atoms with Crippen LogP contribution < -0.4 is 16.0 Å². The number of ether oxygens (including phenoxy) is 1. The zero-order chi connectivity index (χ0) is 22.8. The molecular formula is C23H24N2O5S. The smallest absolute Gasteiger partial charge is 0.275 e. The van der Waals surface area contributed by atoms with Crippen LogP contribution in [0.2, 0.25) is 0 Å². The molecule has 8 heteroatoms. The molecule has 0 radical (unpaired) electrons. The van der Waals surface area contributed by atoms with Crippen LogP contribution in [-0.4, -0.2) is 26.6 Å². The van der Waals surface area contributed by atoms with Crippen LogP contribution in [-0.2, 0) is 16.3 Å². The lowest BCUT2D eigenvalue weighted by atomic mass is 9.90. The van der Waals surface area contributed by atoms with E-state index in [1.54, 1.807) is 12.4 Å². The van der Waals surface area contributed by atoms with Crippen molar-refractivity contribution in [1.82, 2.24) is 5.48 Å². The van der Waals surface area contributed by atoms with Gasteiger partial charge in [-0.2, -0.15) is 0 Å². The Kier molecular flexibility index (Phi) is 6.33. The van der Waals surface area contributed by atoms with Crippen LogP contribution in [0.1, 0.15) is 32.6 Å². The van der Waals surface area contributed by atoms with E-state index in [2.05, 4.69) is 0 Å². The van der Waals surface area contributed by atoms with E-state index >= 15 is 0 Å². The van der Waals surface area contributed by atoms with Gasteiger partial charge in [-0.15, -0.1) is 0 Å². The Labute approximate surface area is 181 Å². The van der Waals surface area contributed by atoms with Crippen molar-refractivity contribution in [2.45, 2.75) is 30.1 Å². The lowest BCUT2D eigenvalue weighted by Crippen LogP contribution is -2.24. The molecule has 0 spiro atoms. The van der Waals surface area contributed by atoms with E-state index in [9.17, 15) is 18.4 Å². The van der Waals surface area contributed by atoms with Gasteiger partial charge >= 0.3 is 0 Å². The molecule has 0 unspecified atom stereocenters. The predicted octanol–water partition coefficient (Wildman–Crippen LogP) is 3.44. The molecule has 0 aliphatic heterocycles. The number of carbonyl (C=O) groups excluding carboxylic acids is 1. The van der Waals surface area contributed by atoms with E-state index in [0.717, 1.165) is 5.56 Å². The fraction of sp³-hybridized carbons (Fsp3) is 0.174.